The lowest BCUT2D eigenvalue weighted by Gasteiger charge is -2.11. The molecule has 1 atom stereocenters. The van der Waals surface area contributed by atoms with Crippen molar-refractivity contribution in [2.24, 2.45) is 0 Å². The molecule has 1 N–H and O–H groups in total. The minimum atomic E-state index is -0.153. The third-order valence-corrected chi connectivity index (χ3v) is 2.67. The first-order valence-electron chi connectivity index (χ1n) is 4.01. The van der Waals surface area contributed by atoms with E-state index in [1.54, 1.807) is 11.8 Å². The molecule has 0 spiro atoms. The summed E-state index contributed by atoms with van der Waals surface area (Å²) in [7, 11) is 0. The molecule has 62 valence electrons. The Morgan fingerprint density at radius 1 is 1.73 bits per heavy atom. The Morgan fingerprint density at radius 3 is 3.09 bits per heavy atom. The minimum Gasteiger partial charge on any atom is -0.393 e. The number of allylic oxidation sites excluding steroid dienone is 2. The van der Waals surface area contributed by atoms with Crippen molar-refractivity contribution >= 4 is 11.8 Å². The second-order valence-corrected chi connectivity index (χ2v) is 3.69. The summed E-state index contributed by atoms with van der Waals surface area (Å²) in [6.07, 6.45) is 6.86. The van der Waals surface area contributed by atoms with Crippen LogP contribution >= 0.6 is 11.8 Å². The van der Waals surface area contributed by atoms with Gasteiger partial charge in [-0.15, -0.1) is 11.8 Å². The third kappa shape index (κ3) is 3.12. The highest BCUT2D eigenvalue weighted by molar-refractivity contribution is 8.05. The number of aliphatic hydroxyl groups is 1. The van der Waals surface area contributed by atoms with E-state index in [0.29, 0.717) is 0 Å². The summed E-state index contributed by atoms with van der Waals surface area (Å²) in [4.78, 5) is 1.31. The summed E-state index contributed by atoms with van der Waals surface area (Å²) >= 11 is 1.73. The average Bonchev–Trinajstić information content (AvgIpc) is 2.06. The Labute approximate surface area is 72.2 Å². The van der Waals surface area contributed by atoms with Crippen LogP contribution in [0.3, 0.4) is 0 Å². The molecular formula is C9H14OS. The molecular weight excluding hydrogens is 156 g/mol. The summed E-state index contributed by atoms with van der Waals surface area (Å²) in [5, 5.41) is 11.4. The highest BCUT2D eigenvalue weighted by Crippen LogP contribution is 2.26. The number of hydrogen-bond acceptors (Lipinski definition) is 2. The summed E-state index contributed by atoms with van der Waals surface area (Å²) in [6.45, 7) is 2.01. The molecule has 0 aromatic carbocycles. The fourth-order valence-electron chi connectivity index (χ4n) is 0.947. The van der Waals surface area contributed by atoms with Gasteiger partial charge in [-0.05, 0) is 23.2 Å². The van der Waals surface area contributed by atoms with Crippen molar-refractivity contribution in [3.63, 3.8) is 0 Å². The first-order chi connectivity index (χ1) is 5.33. The average molecular weight is 170 g/mol. The van der Waals surface area contributed by atoms with E-state index in [0.717, 1.165) is 19.3 Å². The van der Waals surface area contributed by atoms with Crippen molar-refractivity contribution in [2.75, 3.05) is 0 Å². The van der Waals surface area contributed by atoms with Gasteiger partial charge in [-0.1, -0.05) is 19.1 Å². The first kappa shape index (κ1) is 8.88. The van der Waals surface area contributed by atoms with E-state index >= 15 is 0 Å². The van der Waals surface area contributed by atoms with Gasteiger partial charge in [0.1, 0.15) is 0 Å². The summed E-state index contributed by atoms with van der Waals surface area (Å²) in [6, 6.07) is 0. The fourth-order valence-corrected chi connectivity index (χ4v) is 1.81. The van der Waals surface area contributed by atoms with Crippen molar-refractivity contribution in [1.29, 1.82) is 0 Å². The molecule has 0 aromatic rings. The van der Waals surface area contributed by atoms with Crippen molar-refractivity contribution in [3.8, 4) is 0 Å². The molecule has 0 fully saturated rings. The van der Waals surface area contributed by atoms with Gasteiger partial charge in [0, 0.05) is 6.42 Å². The molecule has 1 aliphatic rings. The molecule has 11 heavy (non-hydrogen) atoms. The maximum Gasteiger partial charge on any atom is 0.0583 e. The van der Waals surface area contributed by atoms with E-state index in [1.165, 1.54) is 4.91 Å². The quantitative estimate of drug-likeness (QED) is 0.702. The molecule has 0 aliphatic carbocycles. The lowest BCUT2D eigenvalue weighted by Crippen LogP contribution is -2.04. The molecule has 0 saturated carbocycles. The molecule has 1 nitrogen and oxygen atoms in total. The van der Waals surface area contributed by atoms with Crippen LogP contribution in [0.4, 0.5) is 0 Å². The zero-order chi connectivity index (χ0) is 8.10. The Bertz CT molecular complexity index is 172. The maximum absolute atomic E-state index is 9.33. The highest BCUT2D eigenvalue weighted by atomic mass is 32.2. The summed E-state index contributed by atoms with van der Waals surface area (Å²) < 4.78 is 0. The molecule has 0 bridgehead atoms. The van der Waals surface area contributed by atoms with Gasteiger partial charge in [-0.25, -0.2) is 0 Å². The van der Waals surface area contributed by atoms with Crippen molar-refractivity contribution in [1.82, 2.24) is 0 Å². The Hall–Kier alpha value is -0.210. The van der Waals surface area contributed by atoms with Crippen LogP contribution in [0.15, 0.2) is 22.5 Å². The molecule has 1 aliphatic heterocycles. The van der Waals surface area contributed by atoms with Gasteiger partial charge in [0.2, 0.25) is 0 Å². The number of thioether (sulfide) groups is 1. The van der Waals surface area contributed by atoms with Gasteiger partial charge in [0.25, 0.3) is 0 Å². The Kier molecular flexibility index (Phi) is 3.73. The summed E-state index contributed by atoms with van der Waals surface area (Å²) in [5.41, 5.74) is 0. The Morgan fingerprint density at radius 2 is 2.55 bits per heavy atom. The normalized spacial score (nSPS) is 19.6. The van der Waals surface area contributed by atoms with E-state index < -0.39 is 0 Å². The predicted octanol–water partition coefficient (Wildman–Crippen LogP) is 2.68. The molecule has 1 unspecified atom stereocenters. The van der Waals surface area contributed by atoms with Gasteiger partial charge in [-0.3, -0.25) is 0 Å². The van der Waals surface area contributed by atoms with Crippen LogP contribution in [0.2, 0.25) is 0 Å². The van der Waals surface area contributed by atoms with E-state index in [9.17, 15) is 5.11 Å². The van der Waals surface area contributed by atoms with Crippen LogP contribution in [0, 0.1) is 0 Å². The molecule has 1 heterocycles. The van der Waals surface area contributed by atoms with Crippen LogP contribution in [-0.4, -0.2) is 11.2 Å². The molecule has 0 amide bonds. The second-order valence-electron chi connectivity index (χ2n) is 2.66. The Balaban J connectivity index is 2.31. The molecule has 0 radical (unpaired) electrons. The maximum atomic E-state index is 9.33. The van der Waals surface area contributed by atoms with Gasteiger partial charge >= 0.3 is 0 Å². The number of hydrogen-bond donors (Lipinski definition) is 1. The molecule has 0 aromatic heterocycles. The van der Waals surface area contributed by atoms with Crippen LogP contribution in [0.25, 0.3) is 0 Å². The van der Waals surface area contributed by atoms with Gasteiger partial charge in [0.05, 0.1) is 6.10 Å². The predicted molar refractivity (Wildman–Crippen MR) is 50.3 cm³/mol. The second kappa shape index (κ2) is 4.62. The smallest absolute Gasteiger partial charge is 0.0583 e. The van der Waals surface area contributed by atoms with Crippen molar-refractivity contribution in [2.45, 2.75) is 32.3 Å². The van der Waals surface area contributed by atoms with Crippen molar-refractivity contribution in [3.05, 3.63) is 22.5 Å². The third-order valence-electron chi connectivity index (χ3n) is 1.71. The zero-order valence-electron chi connectivity index (χ0n) is 6.79. The van der Waals surface area contributed by atoms with Crippen LogP contribution in [0.1, 0.15) is 26.2 Å². The molecule has 2 heteroatoms. The number of aliphatic hydroxyl groups excluding tert-OH is 1. The summed E-state index contributed by atoms with van der Waals surface area (Å²) in [5.74, 6) is 0. The molecule has 0 saturated heterocycles. The lowest BCUT2D eigenvalue weighted by molar-refractivity contribution is 0.173. The minimum absolute atomic E-state index is 0.153. The lowest BCUT2D eigenvalue weighted by atomic mass is 10.2. The largest absolute Gasteiger partial charge is 0.393 e. The van der Waals surface area contributed by atoms with Crippen LogP contribution in [0.5, 0.6) is 0 Å². The van der Waals surface area contributed by atoms with E-state index in [1.807, 2.05) is 6.92 Å². The van der Waals surface area contributed by atoms with E-state index in [2.05, 4.69) is 17.6 Å². The molecule has 1 rings (SSSR count). The first-order valence-corrected chi connectivity index (χ1v) is 4.89. The van der Waals surface area contributed by atoms with Crippen molar-refractivity contribution < 1.29 is 5.11 Å². The monoisotopic (exact) mass is 170 g/mol. The number of rotatable bonds is 3. The van der Waals surface area contributed by atoms with E-state index in [-0.39, 0.29) is 6.10 Å². The SMILES string of the molecule is CCC(O)CC1=CCC=CS1. The van der Waals surface area contributed by atoms with Gasteiger partial charge in [-0.2, -0.15) is 0 Å². The standard InChI is InChI=1S/C9H14OS/c1-2-8(10)7-9-5-3-4-6-11-9/h4-6,8,10H,2-3,7H2,1H3. The highest BCUT2D eigenvalue weighted by Gasteiger charge is 2.05. The van der Waals surface area contributed by atoms with Crippen LogP contribution < -0.4 is 0 Å². The van der Waals surface area contributed by atoms with E-state index in [4.69, 9.17) is 0 Å². The van der Waals surface area contributed by atoms with Gasteiger partial charge < -0.3 is 5.11 Å². The fraction of sp³-hybridized carbons (Fsp3) is 0.556. The topological polar surface area (TPSA) is 20.2 Å². The zero-order valence-corrected chi connectivity index (χ0v) is 7.60. The van der Waals surface area contributed by atoms with Gasteiger partial charge in [0.15, 0.2) is 0 Å². The van der Waals surface area contributed by atoms with Crippen LogP contribution in [-0.2, 0) is 0 Å².